The van der Waals surface area contributed by atoms with Gasteiger partial charge in [-0.1, -0.05) is 13.8 Å². The summed E-state index contributed by atoms with van der Waals surface area (Å²) in [6.07, 6.45) is 5.51. The largest absolute Gasteiger partial charge is 0.235 e. The summed E-state index contributed by atoms with van der Waals surface area (Å²) >= 11 is 0. The van der Waals surface area contributed by atoms with Gasteiger partial charge in [-0.2, -0.15) is 0 Å². The van der Waals surface area contributed by atoms with Crippen molar-refractivity contribution in [3.8, 4) is 0 Å². The van der Waals surface area contributed by atoms with Crippen molar-refractivity contribution < 1.29 is 9.59 Å². The first kappa shape index (κ1) is 10.8. The summed E-state index contributed by atoms with van der Waals surface area (Å²) in [5, 5.41) is 0. The van der Waals surface area contributed by atoms with E-state index in [4.69, 9.17) is 0 Å². The van der Waals surface area contributed by atoms with Crippen LogP contribution in [0.1, 0.15) is 33.1 Å². The zero-order valence-electron chi connectivity index (χ0n) is 8.49. The molecule has 4 nitrogen and oxygen atoms in total. The van der Waals surface area contributed by atoms with Crippen LogP contribution < -0.4 is 0 Å². The van der Waals surface area contributed by atoms with Crippen molar-refractivity contribution in [2.24, 2.45) is 15.4 Å². The lowest BCUT2D eigenvalue weighted by Crippen LogP contribution is -2.33. The van der Waals surface area contributed by atoms with E-state index in [0.29, 0.717) is 6.42 Å². The number of isocyanates is 2. The van der Waals surface area contributed by atoms with Crippen LogP contribution in [0, 0.1) is 5.41 Å². The Morgan fingerprint density at radius 1 is 1.07 bits per heavy atom. The molecule has 0 spiro atoms. The molecule has 0 aromatic heterocycles. The highest BCUT2D eigenvalue weighted by Gasteiger charge is 2.33. The Morgan fingerprint density at radius 3 is 1.86 bits per heavy atom. The molecule has 1 aliphatic carbocycles. The second kappa shape index (κ2) is 4.32. The minimum absolute atomic E-state index is 0.0432. The molecule has 0 bridgehead atoms. The lowest BCUT2D eigenvalue weighted by molar-refractivity contribution is 0.200. The summed E-state index contributed by atoms with van der Waals surface area (Å²) in [6.45, 7) is 4.18. The van der Waals surface area contributed by atoms with E-state index in [1.165, 1.54) is 0 Å². The normalized spacial score (nSPS) is 29.9. The minimum Gasteiger partial charge on any atom is -0.211 e. The van der Waals surface area contributed by atoms with Gasteiger partial charge in [0, 0.05) is 0 Å². The van der Waals surface area contributed by atoms with Crippen molar-refractivity contribution in [2.75, 3.05) is 0 Å². The number of hydrogen-bond acceptors (Lipinski definition) is 4. The average Bonchev–Trinajstić information content (AvgIpc) is 2.01. The summed E-state index contributed by atoms with van der Waals surface area (Å²) < 4.78 is 0. The van der Waals surface area contributed by atoms with Crippen LogP contribution in [-0.2, 0) is 9.59 Å². The highest BCUT2D eigenvalue weighted by atomic mass is 16.1. The van der Waals surface area contributed by atoms with Crippen LogP contribution in [0.3, 0.4) is 0 Å². The fourth-order valence-electron chi connectivity index (χ4n) is 2.19. The van der Waals surface area contributed by atoms with Crippen LogP contribution >= 0.6 is 0 Å². The van der Waals surface area contributed by atoms with Crippen molar-refractivity contribution in [3.05, 3.63) is 0 Å². The summed E-state index contributed by atoms with van der Waals surface area (Å²) in [5.74, 6) is 0. The molecule has 0 amide bonds. The Kier molecular flexibility index (Phi) is 3.34. The molecule has 0 aliphatic heterocycles. The molecule has 1 aliphatic rings. The van der Waals surface area contributed by atoms with E-state index < -0.39 is 0 Å². The number of rotatable bonds is 2. The Morgan fingerprint density at radius 2 is 1.50 bits per heavy atom. The van der Waals surface area contributed by atoms with Crippen LogP contribution in [0.5, 0.6) is 0 Å². The van der Waals surface area contributed by atoms with Crippen LogP contribution in [0.2, 0.25) is 0 Å². The third-order valence-corrected chi connectivity index (χ3v) is 2.59. The smallest absolute Gasteiger partial charge is 0.211 e. The molecule has 0 N–H and O–H groups in total. The van der Waals surface area contributed by atoms with E-state index in [-0.39, 0.29) is 17.5 Å². The second-order valence-electron chi connectivity index (χ2n) is 4.56. The maximum atomic E-state index is 10.1. The minimum atomic E-state index is -0.0432. The molecule has 0 radical (unpaired) electrons. The number of hydrogen-bond donors (Lipinski definition) is 0. The van der Waals surface area contributed by atoms with Gasteiger partial charge in [0.2, 0.25) is 12.2 Å². The number of aliphatic imine (C=N–C) groups is 2. The van der Waals surface area contributed by atoms with Crippen molar-refractivity contribution >= 4 is 12.2 Å². The van der Waals surface area contributed by atoms with E-state index in [9.17, 15) is 9.59 Å². The molecule has 2 atom stereocenters. The van der Waals surface area contributed by atoms with Gasteiger partial charge in [-0.25, -0.2) is 19.6 Å². The van der Waals surface area contributed by atoms with Gasteiger partial charge in [0.15, 0.2) is 0 Å². The number of nitrogens with zero attached hydrogens (tertiary/aromatic N) is 2. The maximum Gasteiger partial charge on any atom is 0.235 e. The van der Waals surface area contributed by atoms with E-state index in [1.54, 1.807) is 12.2 Å². The highest BCUT2D eigenvalue weighted by Crippen LogP contribution is 2.37. The van der Waals surface area contributed by atoms with Crippen molar-refractivity contribution in [1.29, 1.82) is 0 Å². The zero-order chi connectivity index (χ0) is 10.6. The Labute approximate surface area is 83.1 Å². The molecule has 0 heterocycles. The quantitative estimate of drug-likeness (QED) is 0.495. The third-order valence-electron chi connectivity index (χ3n) is 2.59. The number of carbonyl (C=O) groups excluding carboxylic acids is 2. The van der Waals surface area contributed by atoms with Crippen LogP contribution in [0.4, 0.5) is 0 Å². The molecular weight excluding hydrogens is 180 g/mol. The maximum absolute atomic E-state index is 10.1. The zero-order valence-corrected chi connectivity index (χ0v) is 8.49. The van der Waals surface area contributed by atoms with Crippen molar-refractivity contribution in [3.63, 3.8) is 0 Å². The lowest BCUT2D eigenvalue weighted by Gasteiger charge is -2.35. The van der Waals surface area contributed by atoms with E-state index >= 15 is 0 Å². The molecule has 14 heavy (non-hydrogen) atoms. The lowest BCUT2D eigenvalue weighted by atomic mass is 9.73. The van der Waals surface area contributed by atoms with E-state index in [2.05, 4.69) is 23.8 Å². The molecule has 1 saturated carbocycles. The summed E-state index contributed by atoms with van der Waals surface area (Å²) in [5.41, 5.74) is 0.0777. The summed E-state index contributed by atoms with van der Waals surface area (Å²) in [7, 11) is 0. The Bertz CT molecular complexity index is 271. The van der Waals surface area contributed by atoms with Crippen molar-refractivity contribution in [1.82, 2.24) is 0 Å². The van der Waals surface area contributed by atoms with Gasteiger partial charge in [-0.15, -0.1) is 0 Å². The van der Waals surface area contributed by atoms with E-state index in [0.717, 1.165) is 12.8 Å². The highest BCUT2D eigenvalue weighted by molar-refractivity contribution is 5.35. The van der Waals surface area contributed by atoms with Gasteiger partial charge < -0.3 is 0 Å². The molecule has 76 valence electrons. The molecule has 0 aromatic carbocycles. The molecule has 0 saturated heterocycles. The fraction of sp³-hybridized carbons (Fsp3) is 0.800. The van der Waals surface area contributed by atoms with Crippen molar-refractivity contribution in [2.45, 2.75) is 45.2 Å². The Hall–Kier alpha value is -1.24. The average molecular weight is 194 g/mol. The standard InChI is InChI=1S/C10H14N2O2/c1-10(2)4-8(11-6-13)3-9(5-10)12-7-14/h8-9H,3-5H2,1-2H3. The third kappa shape index (κ3) is 2.91. The van der Waals surface area contributed by atoms with Gasteiger partial charge in [0.25, 0.3) is 0 Å². The van der Waals surface area contributed by atoms with Gasteiger partial charge in [0.05, 0.1) is 12.1 Å². The van der Waals surface area contributed by atoms with Crippen LogP contribution in [-0.4, -0.2) is 24.2 Å². The molecule has 2 unspecified atom stereocenters. The first-order valence-electron chi connectivity index (χ1n) is 4.71. The van der Waals surface area contributed by atoms with Gasteiger partial charge in [0.1, 0.15) is 0 Å². The SMILES string of the molecule is CC1(C)CC(N=C=O)CC(N=C=O)C1. The Balaban J connectivity index is 2.75. The van der Waals surface area contributed by atoms with Crippen LogP contribution in [0.15, 0.2) is 9.98 Å². The summed E-state index contributed by atoms with van der Waals surface area (Å²) in [6, 6.07) is -0.0864. The molecule has 1 fully saturated rings. The topological polar surface area (TPSA) is 58.9 Å². The predicted octanol–water partition coefficient (Wildman–Crippen LogP) is 1.61. The van der Waals surface area contributed by atoms with Gasteiger partial charge in [-0.05, 0) is 24.7 Å². The first-order chi connectivity index (χ1) is 6.57. The monoisotopic (exact) mass is 194 g/mol. The fourth-order valence-corrected chi connectivity index (χ4v) is 2.19. The second-order valence-corrected chi connectivity index (χ2v) is 4.56. The summed E-state index contributed by atoms with van der Waals surface area (Å²) in [4.78, 5) is 27.7. The van der Waals surface area contributed by atoms with Crippen LogP contribution in [0.25, 0.3) is 0 Å². The molecule has 1 rings (SSSR count). The molecule has 4 heteroatoms. The van der Waals surface area contributed by atoms with E-state index in [1.807, 2.05) is 0 Å². The van der Waals surface area contributed by atoms with Gasteiger partial charge >= 0.3 is 0 Å². The molecule has 0 aromatic rings. The predicted molar refractivity (Wildman–Crippen MR) is 51.5 cm³/mol. The molecular formula is C10H14N2O2. The first-order valence-corrected chi connectivity index (χ1v) is 4.71. The van der Waals surface area contributed by atoms with Gasteiger partial charge in [-0.3, -0.25) is 0 Å².